The van der Waals surface area contributed by atoms with E-state index in [1.54, 1.807) is 123 Å². The zero-order chi connectivity index (χ0) is 39.7. The first-order valence-electron chi connectivity index (χ1n) is 17.8. The summed E-state index contributed by atoms with van der Waals surface area (Å²) in [5.41, 5.74) is 0.197. The van der Waals surface area contributed by atoms with Gasteiger partial charge in [0.2, 0.25) is 0 Å². The molecule has 0 aliphatic carbocycles. The first kappa shape index (κ1) is 40.6. The largest absolute Gasteiger partial charge is 0.480 e. The molecule has 56 heavy (non-hydrogen) atoms. The van der Waals surface area contributed by atoms with Crippen molar-refractivity contribution < 1.29 is 37.7 Å². The Labute approximate surface area is 336 Å². The second-order valence-electron chi connectivity index (χ2n) is 12.3. The van der Waals surface area contributed by atoms with E-state index in [1.165, 1.54) is 12.1 Å². The number of carbonyl (C=O) groups is 2. The number of ether oxygens (including phenoxy) is 4. The van der Waals surface area contributed by atoms with E-state index in [0.29, 0.717) is 21.2 Å². The predicted octanol–water partition coefficient (Wildman–Crippen LogP) is 7.82. The fourth-order valence-electron chi connectivity index (χ4n) is 6.46. The van der Waals surface area contributed by atoms with E-state index in [0.717, 1.165) is 0 Å². The number of hydrogen-bond donors (Lipinski definition) is 0. The maximum Gasteiger partial charge on any atom is 0.344 e. The summed E-state index contributed by atoms with van der Waals surface area (Å²) in [6.45, 7) is 2.39. The number of halogens is 2. The Hall–Kier alpha value is -5.10. The molecule has 286 valence electrons. The molecular weight excluding hydrogens is 789 g/mol. The Bertz CT molecular complexity index is 2150. The molecule has 0 saturated carbocycles. The minimum absolute atomic E-state index is 0.0391. The number of esters is 2. The normalized spacial score (nSPS) is 11.4. The molecule has 0 unspecified atom stereocenters. The molecule has 6 aromatic carbocycles. The molecule has 0 aliphatic heterocycles. The monoisotopic (exact) mass is 826 g/mol. The van der Waals surface area contributed by atoms with Crippen LogP contribution in [0.5, 0.6) is 11.5 Å². The van der Waals surface area contributed by atoms with Crippen LogP contribution in [0.25, 0.3) is 11.1 Å². The Morgan fingerprint density at radius 2 is 0.750 bits per heavy atom. The molecule has 6 aromatic rings. The van der Waals surface area contributed by atoms with Gasteiger partial charge in [0.25, 0.3) is 0 Å². The topological polar surface area (TPSA) is 105 Å². The highest BCUT2D eigenvalue weighted by molar-refractivity contribution is 7.86. The fourth-order valence-corrected chi connectivity index (χ4v) is 12.6. The summed E-state index contributed by atoms with van der Waals surface area (Å²) < 4.78 is 55.7. The summed E-state index contributed by atoms with van der Waals surface area (Å²) >= 11 is 14.1. The van der Waals surface area contributed by atoms with Crippen molar-refractivity contribution in [3.05, 3.63) is 156 Å². The highest BCUT2D eigenvalue weighted by Crippen LogP contribution is 2.55. The van der Waals surface area contributed by atoms with Gasteiger partial charge in [-0.15, -0.1) is 0 Å². The number of benzene rings is 6. The summed E-state index contributed by atoms with van der Waals surface area (Å²) in [6.07, 6.45) is 0. The summed E-state index contributed by atoms with van der Waals surface area (Å²) in [4.78, 5) is 25.7. The Balaban J connectivity index is 1.82. The molecule has 0 saturated heterocycles. The van der Waals surface area contributed by atoms with Crippen molar-refractivity contribution in [1.29, 1.82) is 0 Å². The summed E-state index contributed by atoms with van der Waals surface area (Å²) in [6, 6.07) is 42.0. The van der Waals surface area contributed by atoms with Crippen LogP contribution in [0.3, 0.4) is 0 Å². The van der Waals surface area contributed by atoms with Crippen molar-refractivity contribution in [2.45, 2.75) is 13.8 Å². The Morgan fingerprint density at radius 3 is 1.02 bits per heavy atom. The van der Waals surface area contributed by atoms with E-state index in [4.69, 9.17) is 42.1 Å². The van der Waals surface area contributed by atoms with Gasteiger partial charge in [-0.2, -0.15) is 0 Å². The van der Waals surface area contributed by atoms with Crippen LogP contribution in [-0.2, 0) is 28.2 Å². The predicted molar refractivity (Wildman–Crippen MR) is 225 cm³/mol. The average molecular weight is 828 g/mol. The molecule has 0 aliphatic rings. The van der Waals surface area contributed by atoms with E-state index in [1.807, 2.05) is 24.3 Å². The van der Waals surface area contributed by atoms with Gasteiger partial charge in [0.05, 0.1) is 23.3 Å². The number of carbonyl (C=O) groups excluding carboxylic acids is 2. The van der Waals surface area contributed by atoms with Crippen LogP contribution in [0.4, 0.5) is 0 Å². The highest BCUT2D eigenvalue weighted by atomic mass is 35.5. The molecular formula is C44H38Cl2O8P2. The van der Waals surface area contributed by atoms with Gasteiger partial charge in [0, 0.05) is 43.0 Å². The minimum atomic E-state index is -3.92. The zero-order valence-electron chi connectivity index (χ0n) is 30.6. The Kier molecular flexibility index (Phi) is 13.2. The van der Waals surface area contributed by atoms with Crippen LogP contribution in [0.15, 0.2) is 146 Å². The lowest BCUT2D eigenvalue weighted by Gasteiger charge is -2.29. The van der Waals surface area contributed by atoms with Crippen LogP contribution in [-0.4, -0.2) is 38.4 Å². The minimum Gasteiger partial charge on any atom is -0.480 e. The highest BCUT2D eigenvalue weighted by Gasteiger charge is 2.40. The van der Waals surface area contributed by atoms with Crippen molar-refractivity contribution in [3.8, 4) is 22.6 Å². The van der Waals surface area contributed by atoms with E-state index in [9.17, 15) is 9.59 Å². The summed E-state index contributed by atoms with van der Waals surface area (Å²) in [5.74, 6) is -1.50. The van der Waals surface area contributed by atoms with E-state index < -0.39 is 39.4 Å². The molecule has 8 nitrogen and oxygen atoms in total. The van der Waals surface area contributed by atoms with Crippen molar-refractivity contribution in [3.63, 3.8) is 0 Å². The first-order valence-corrected chi connectivity index (χ1v) is 22.0. The van der Waals surface area contributed by atoms with Gasteiger partial charge >= 0.3 is 11.9 Å². The lowest BCUT2D eigenvalue weighted by atomic mass is 10.0. The quantitative estimate of drug-likeness (QED) is 0.0763. The van der Waals surface area contributed by atoms with Crippen molar-refractivity contribution in [1.82, 2.24) is 0 Å². The van der Waals surface area contributed by atoms with Gasteiger partial charge in [-0.1, -0.05) is 145 Å². The molecule has 0 N–H and O–H groups in total. The number of rotatable bonds is 15. The van der Waals surface area contributed by atoms with E-state index in [2.05, 4.69) is 0 Å². The van der Waals surface area contributed by atoms with Gasteiger partial charge in [0.1, 0.15) is 11.5 Å². The zero-order valence-corrected chi connectivity index (χ0v) is 33.9. The lowest BCUT2D eigenvalue weighted by molar-refractivity contribution is -0.146. The van der Waals surface area contributed by atoms with Gasteiger partial charge in [0.15, 0.2) is 27.5 Å². The maximum absolute atomic E-state index is 16.4. The smallest absolute Gasteiger partial charge is 0.344 e. The van der Waals surface area contributed by atoms with Crippen LogP contribution < -0.4 is 41.3 Å². The maximum atomic E-state index is 16.4. The molecule has 12 heteroatoms. The van der Waals surface area contributed by atoms with Crippen molar-refractivity contribution >= 4 is 81.3 Å². The van der Waals surface area contributed by atoms with Gasteiger partial charge in [-0.05, 0) is 38.1 Å². The van der Waals surface area contributed by atoms with E-state index in [-0.39, 0.29) is 56.5 Å². The lowest BCUT2D eigenvalue weighted by Crippen LogP contribution is -2.31. The van der Waals surface area contributed by atoms with Crippen LogP contribution >= 0.6 is 37.5 Å². The van der Waals surface area contributed by atoms with E-state index >= 15 is 9.13 Å². The van der Waals surface area contributed by atoms with Gasteiger partial charge < -0.3 is 28.1 Å². The molecule has 0 spiro atoms. The standard InChI is InChI=1S/C44H38Cl2O8P2/c1-3-51-39(47)29-53-43-35(45)25-27-37(55(49,31-17-9-5-10-18-31)32-19-11-6-12-20-32)41(43)42-38(28-26-36(46)44(42)54-30-40(48)52-4-2)56(50,33-21-13-7-14-22-33)34-23-15-8-16-24-34/h5-28H,3-4,29-30H2,1-2H3. The van der Waals surface area contributed by atoms with Crippen LogP contribution in [0.1, 0.15) is 13.8 Å². The van der Waals surface area contributed by atoms with Crippen LogP contribution in [0.2, 0.25) is 10.0 Å². The SMILES string of the molecule is CCOC(=O)COc1c(Cl)ccc(P(=O)(c2ccccc2)c2ccccc2)c1-c1c(P(=O)(c2ccccc2)c2ccccc2)ccc(Cl)c1OCC(=O)OCC. The third kappa shape index (κ3) is 8.21. The van der Waals surface area contributed by atoms with Crippen LogP contribution in [0, 0.1) is 0 Å². The molecule has 0 bridgehead atoms. The second kappa shape index (κ2) is 18.2. The molecule has 6 rings (SSSR count). The second-order valence-corrected chi connectivity index (χ2v) is 18.6. The number of hydrogen-bond acceptors (Lipinski definition) is 8. The Morgan fingerprint density at radius 1 is 0.464 bits per heavy atom. The molecule has 0 fully saturated rings. The van der Waals surface area contributed by atoms with Gasteiger partial charge in [-0.25, -0.2) is 9.59 Å². The molecule has 0 radical (unpaired) electrons. The third-order valence-corrected chi connectivity index (χ3v) is 15.7. The summed E-state index contributed by atoms with van der Waals surface area (Å²) in [5, 5.41) is 2.40. The summed E-state index contributed by atoms with van der Waals surface area (Å²) in [7, 11) is -7.84. The molecule has 0 amide bonds. The molecule has 0 aromatic heterocycles. The third-order valence-electron chi connectivity index (χ3n) is 8.86. The van der Waals surface area contributed by atoms with Gasteiger partial charge in [-0.3, -0.25) is 0 Å². The van der Waals surface area contributed by atoms with Crippen molar-refractivity contribution in [2.24, 2.45) is 0 Å². The van der Waals surface area contributed by atoms with Crippen molar-refractivity contribution in [2.75, 3.05) is 26.4 Å². The molecule has 0 atom stereocenters. The fraction of sp³-hybridized carbons (Fsp3) is 0.136. The average Bonchev–Trinajstić information content (AvgIpc) is 3.23. The first-order chi connectivity index (χ1) is 27.1. The molecule has 0 heterocycles.